The zero-order chi connectivity index (χ0) is 11.7. The smallest absolute Gasteiger partial charge is 0.311 e. The first kappa shape index (κ1) is 11.3. The number of nitrogens with two attached hydrogens (primary N) is 1. The van der Waals surface area contributed by atoms with E-state index < -0.39 is 4.92 Å². The summed E-state index contributed by atoms with van der Waals surface area (Å²) in [6, 6.07) is 4.83. The molecule has 1 aliphatic rings. The van der Waals surface area contributed by atoms with Crippen molar-refractivity contribution in [3.63, 3.8) is 0 Å². The zero-order valence-electron chi connectivity index (χ0n) is 8.43. The Balaban J connectivity index is 2.17. The van der Waals surface area contributed by atoms with Crippen LogP contribution in [0.15, 0.2) is 22.7 Å². The highest BCUT2D eigenvalue weighted by molar-refractivity contribution is 9.10. The lowest BCUT2D eigenvalue weighted by Gasteiger charge is -2.32. The Labute approximate surface area is 101 Å². The number of rotatable bonds is 3. The first-order valence-electron chi connectivity index (χ1n) is 4.92. The molecule has 0 saturated heterocycles. The van der Waals surface area contributed by atoms with Crippen LogP contribution in [0.2, 0.25) is 0 Å². The SMILES string of the molecule is NC1CC(Oc2cc(Br)ccc2[N+](=O)[O-])C1. The molecule has 0 radical (unpaired) electrons. The maximum absolute atomic E-state index is 10.8. The van der Waals surface area contributed by atoms with E-state index in [1.807, 2.05) is 0 Å². The number of nitro benzene ring substituents is 1. The van der Waals surface area contributed by atoms with Gasteiger partial charge in [-0.3, -0.25) is 10.1 Å². The van der Waals surface area contributed by atoms with Gasteiger partial charge in [-0.05, 0) is 18.9 Å². The Morgan fingerprint density at radius 1 is 1.50 bits per heavy atom. The van der Waals surface area contributed by atoms with Crippen LogP contribution < -0.4 is 10.5 Å². The Bertz CT molecular complexity index is 419. The minimum absolute atomic E-state index is 0.00278. The molecule has 0 aliphatic heterocycles. The predicted octanol–water partition coefficient (Wildman–Crippen LogP) is 2.23. The summed E-state index contributed by atoms with van der Waals surface area (Å²) in [7, 11) is 0. The van der Waals surface area contributed by atoms with Crippen molar-refractivity contribution in [2.75, 3.05) is 0 Å². The number of hydrogen-bond donors (Lipinski definition) is 1. The number of halogens is 1. The second kappa shape index (κ2) is 4.39. The van der Waals surface area contributed by atoms with Crippen molar-refractivity contribution < 1.29 is 9.66 Å². The van der Waals surface area contributed by atoms with E-state index >= 15 is 0 Å². The summed E-state index contributed by atoms with van der Waals surface area (Å²) < 4.78 is 6.30. The number of ether oxygens (including phenoxy) is 1. The molecule has 0 bridgehead atoms. The highest BCUT2D eigenvalue weighted by Crippen LogP contribution is 2.33. The van der Waals surface area contributed by atoms with Gasteiger partial charge in [-0.15, -0.1) is 0 Å². The Morgan fingerprint density at radius 2 is 2.19 bits per heavy atom. The van der Waals surface area contributed by atoms with Gasteiger partial charge in [-0.25, -0.2) is 0 Å². The van der Waals surface area contributed by atoms with Crippen LogP contribution in [-0.4, -0.2) is 17.1 Å². The average molecular weight is 287 g/mol. The van der Waals surface area contributed by atoms with E-state index in [0.717, 1.165) is 17.3 Å². The fraction of sp³-hybridized carbons (Fsp3) is 0.400. The monoisotopic (exact) mass is 286 g/mol. The van der Waals surface area contributed by atoms with Gasteiger partial charge in [0.25, 0.3) is 0 Å². The van der Waals surface area contributed by atoms with Gasteiger partial charge >= 0.3 is 5.69 Å². The summed E-state index contributed by atoms with van der Waals surface area (Å²) in [5.41, 5.74) is 5.62. The quantitative estimate of drug-likeness (QED) is 0.683. The van der Waals surface area contributed by atoms with Crippen molar-refractivity contribution in [1.29, 1.82) is 0 Å². The van der Waals surface area contributed by atoms with E-state index in [4.69, 9.17) is 10.5 Å². The maximum Gasteiger partial charge on any atom is 0.311 e. The lowest BCUT2D eigenvalue weighted by atomic mass is 9.90. The molecule has 86 valence electrons. The van der Waals surface area contributed by atoms with Gasteiger partial charge in [0.1, 0.15) is 6.10 Å². The van der Waals surface area contributed by atoms with Crippen LogP contribution in [0.3, 0.4) is 0 Å². The second-order valence-electron chi connectivity index (χ2n) is 3.84. The van der Waals surface area contributed by atoms with E-state index in [9.17, 15) is 10.1 Å². The number of hydrogen-bond acceptors (Lipinski definition) is 4. The third kappa shape index (κ3) is 2.33. The molecule has 0 amide bonds. The molecule has 1 aromatic carbocycles. The molecule has 1 saturated carbocycles. The molecule has 1 fully saturated rings. The molecule has 16 heavy (non-hydrogen) atoms. The summed E-state index contributed by atoms with van der Waals surface area (Å²) in [6.45, 7) is 0. The summed E-state index contributed by atoms with van der Waals surface area (Å²) in [5.74, 6) is 0.302. The molecular formula is C10H11BrN2O3. The van der Waals surface area contributed by atoms with Gasteiger partial charge < -0.3 is 10.5 Å². The molecule has 0 heterocycles. The molecule has 2 rings (SSSR count). The van der Waals surface area contributed by atoms with Crippen LogP contribution in [0.1, 0.15) is 12.8 Å². The normalized spacial score (nSPS) is 23.6. The Kier molecular flexibility index (Phi) is 3.11. The minimum Gasteiger partial charge on any atom is -0.483 e. The van der Waals surface area contributed by atoms with Gasteiger partial charge in [0.15, 0.2) is 5.75 Å². The van der Waals surface area contributed by atoms with Crippen LogP contribution in [0.5, 0.6) is 5.75 Å². The molecule has 0 unspecified atom stereocenters. The molecule has 6 heteroatoms. The van der Waals surface area contributed by atoms with Crippen molar-refractivity contribution in [2.45, 2.75) is 25.0 Å². The van der Waals surface area contributed by atoms with Crippen molar-refractivity contribution in [3.05, 3.63) is 32.8 Å². The first-order valence-corrected chi connectivity index (χ1v) is 5.71. The summed E-state index contributed by atoms with van der Waals surface area (Å²) in [6.07, 6.45) is 1.51. The zero-order valence-corrected chi connectivity index (χ0v) is 10.0. The molecule has 1 aliphatic carbocycles. The van der Waals surface area contributed by atoms with Gasteiger partial charge in [-0.1, -0.05) is 15.9 Å². The van der Waals surface area contributed by atoms with Crippen LogP contribution in [0, 0.1) is 10.1 Å². The fourth-order valence-corrected chi connectivity index (χ4v) is 1.96. The van der Waals surface area contributed by atoms with E-state index in [-0.39, 0.29) is 17.8 Å². The van der Waals surface area contributed by atoms with Crippen LogP contribution in [0.25, 0.3) is 0 Å². The number of nitro groups is 1. The fourth-order valence-electron chi connectivity index (χ4n) is 1.62. The van der Waals surface area contributed by atoms with Crippen molar-refractivity contribution in [1.82, 2.24) is 0 Å². The topological polar surface area (TPSA) is 78.4 Å². The van der Waals surface area contributed by atoms with Crippen LogP contribution >= 0.6 is 15.9 Å². The number of benzene rings is 1. The summed E-state index contributed by atoms with van der Waals surface area (Å²) in [4.78, 5) is 10.3. The molecular weight excluding hydrogens is 276 g/mol. The lowest BCUT2D eigenvalue weighted by Crippen LogP contribution is -2.43. The van der Waals surface area contributed by atoms with Gasteiger partial charge in [0.2, 0.25) is 0 Å². The van der Waals surface area contributed by atoms with Gasteiger partial charge in [-0.2, -0.15) is 0 Å². The molecule has 2 N–H and O–H groups in total. The average Bonchev–Trinajstić information content (AvgIpc) is 2.15. The first-order chi connectivity index (χ1) is 7.56. The summed E-state index contributed by atoms with van der Waals surface area (Å²) in [5, 5.41) is 10.8. The molecule has 1 aromatic rings. The maximum atomic E-state index is 10.8. The standard InChI is InChI=1S/C10H11BrN2O3/c11-6-1-2-9(13(14)15)10(3-6)16-8-4-7(12)5-8/h1-3,7-8H,4-5,12H2. The second-order valence-corrected chi connectivity index (χ2v) is 4.76. The van der Waals surface area contributed by atoms with Gasteiger partial charge in [0.05, 0.1) is 4.92 Å². The molecule has 5 nitrogen and oxygen atoms in total. The Hall–Kier alpha value is -1.14. The predicted molar refractivity (Wildman–Crippen MR) is 62.4 cm³/mol. The summed E-state index contributed by atoms with van der Waals surface area (Å²) >= 11 is 3.26. The highest BCUT2D eigenvalue weighted by Gasteiger charge is 2.29. The van der Waals surface area contributed by atoms with E-state index in [0.29, 0.717) is 5.75 Å². The van der Waals surface area contributed by atoms with Crippen LogP contribution in [0.4, 0.5) is 5.69 Å². The Morgan fingerprint density at radius 3 is 2.75 bits per heavy atom. The van der Waals surface area contributed by atoms with Gasteiger partial charge in [0, 0.05) is 22.6 Å². The third-order valence-electron chi connectivity index (χ3n) is 2.54. The molecule has 0 spiro atoms. The lowest BCUT2D eigenvalue weighted by molar-refractivity contribution is -0.386. The largest absolute Gasteiger partial charge is 0.483 e. The molecule has 0 aromatic heterocycles. The van der Waals surface area contributed by atoms with Crippen molar-refractivity contribution in [2.24, 2.45) is 5.73 Å². The van der Waals surface area contributed by atoms with Crippen molar-refractivity contribution >= 4 is 21.6 Å². The highest BCUT2D eigenvalue weighted by atomic mass is 79.9. The third-order valence-corrected chi connectivity index (χ3v) is 3.04. The van der Waals surface area contributed by atoms with E-state index in [1.54, 1.807) is 12.1 Å². The molecule has 0 atom stereocenters. The number of nitrogens with zero attached hydrogens (tertiary/aromatic N) is 1. The van der Waals surface area contributed by atoms with E-state index in [1.165, 1.54) is 6.07 Å². The van der Waals surface area contributed by atoms with Crippen LogP contribution in [-0.2, 0) is 0 Å². The van der Waals surface area contributed by atoms with Crippen molar-refractivity contribution in [3.8, 4) is 5.75 Å². The minimum atomic E-state index is -0.444. The van der Waals surface area contributed by atoms with E-state index in [2.05, 4.69) is 15.9 Å².